The summed E-state index contributed by atoms with van der Waals surface area (Å²) in [5.41, 5.74) is 0.978. The van der Waals surface area contributed by atoms with Gasteiger partial charge in [0, 0.05) is 21.8 Å². The number of sulfonamides is 1. The maximum Gasteiger partial charge on any atom is 0.265 e. The van der Waals surface area contributed by atoms with Crippen LogP contribution in [0.2, 0.25) is 0 Å². The molecule has 25 heavy (non-hydrogen) atoms. The van der Waals surface area contributed by atoms with E-state index in [9.17, 15) is 13.2 Å². The maximum absolute atomic E-state index is 12.6. The summed E-state index contributed by atoms with van der Waals surface area (Å²) < 4.78 is 33.5. The summed E-state index contributed by atoms with van der Waals surface area (Å²) in [5.74, 6) is 0.00545. The second-order valence-corrected chi connectivity index (χ2v) is 8.19. The lowest BCUT2D eigenvalue weighted by molar-refractivity contribution is -0.118. The lowest BCUT2D eigenvalue weighted by atomic mass is 10.2. The highest BCUT2D eigenvalue weighted by atomic mass is 79.9. The van der Waals surface area contributed by atoms with Crippen LogP contribution in [0.25, 0.3) is 0 Å². The molecule has 0 saturated carbocycles. The van der Waals surface area contributed by atoms with Crippen LogP contribution >= 0.6 is 15.9 Å². The van der Waals surface area contributed by atoms with Gasteiger partial charge in [-0.1, -0.05) is 29.8 Å². The van der Waals surface area contributed by atoms with Crippen LogP contribution in [-0.4, -0.2) is 21.4 Å². The molecule has 134 valence electrons. The van der Waals surface area contributed by atoms with Gasteiger partial charge in [-0.25, -0.2) is 8.42 Å². The first-order valence-corrected chi connectivity index (χ1v) is 9.78. The van der Waals surface area contributed by atoms with Crippen molar-refractivity contribution in [3.63, 3.8) is 0 Å². The predicted octanol–water partition coefficient (Wildman–Crippen LogP) is 3.85. The second kappa shape index (κ2) is 7.88. The second-order valence-electron chi connectivity index (χ2n) is 5.62. The van der Waals surface area contributed by atoms with Gasteiger partial charge in [0.15, 0.2) is 0 Å². The normalized spacial score (nSPS) is 11.2. The third kappa shape index (κ3) is 4.96. The molecule has 0 bridgehead atoms. The van der Waals surface area contributed by atoms with Crippen molar-refractivity contribution in [1.82, 2.24) is 0 Å². The number of carbonyl (C=O) groups excluding carboxylic acids is 1. The summed E-state index contributed by atoms with van der Waals surface area (Å²) in [6, 6.07) is 11.2. The predicted molar refractivity (Wildman–Crippen MR) is 101 cm³/mol. The molecule has 0 radical (unpaired) electrons. The third-order valence-electron chi connectivity index (χ3n) is 3.34. The van der Waals surface area contributed by atoms with Gasteiger partial charge in [-0.05, 0) is 42.5 Å². The summed E-state index contributed by atoms with van der Waals surface area (Å²) in [4.78, 5) is 11.7. The Hall–Kier alpha value is -2.06. The molecule has 0 aromatic heterocycles. The van der Waals surface area contributed by atoms with E-state index in [1.165, 1.54) is 13.2 Å². The number of anilines is 2. The molecule has 0 aliphatic rings. The van der Waals surface area contributed by atoms with E-state index >= 15 is 0 Å². The van der Waals surface area contributed by atoms with Gasteiger partial charge in [-0.2, -0.15) is 0 Å². The van der Waals surface area contributed by atoms with Crippen LogP contribution in [0.5, 0.6) is 5.75 Å². The minimum atomic E-state index is -3.82. The average molecular weight is 427 g/mol. The average Bonchev–Trinajstić information content (AvgIpc) is 2.56. The molecule has 0 fully saturated rings. The highest BCUT2D eigenvalue weighted by Crippen LogP contribution is 2.29. The molecule has 0 unspecified atom stereocenters. The molecule has 6 nitrogen and oxygen atoms in total. The summed E-state index contributed by atoms with van der Waals surface area (Å²) in [6.45, 7) is 3.59. The van der Waals surface area contributed by atoms with Crippen molar-refractivity contribution in [3.05, 3.63) is 46.9 Å². The number of benzene rings is 2. The van der Waals surface area contributed by atoms with Gasteiger partial charge in [0.25, 0.3) is 10.0 Å². The third-order valence-corrected chi connectivity index (χ3v) is 5.24. The highest BCUT2D eigenvalue weighted by molar-refractivity contribution is 9.10. The Kier molecular flexibility index (Phi) is 6.07. The van der Waals surface area contributed by atoms with Crippen LogP contribution in [-0.2, 0) is 14.8 Å². The molecular weight excluding hydrogens is 408 g/mol. The number of carbonyl (C=O) groups is 1. The first-order chi connectivity index (χ1) is 11.7. The standard InChI is InChI=1S/C17H19BrN2O4S/c1-11(2)17(21)19-13-5-7-14(8-6-13)20-25(22,23)16-10-12(18)4-9-15(16)24-3/h4-11,20H,1-3H3,(H,19,21). The van der Waals surface area contributed by atoms with Crippen molar-refractivity contribution in [3.8, 4) is 5.75 Å². The van der Waals surface area contributed by atoms with Gasteiger partial charge in [0.1, 0.15) is 10.6 Å². The minimum Gasteiger partial charge on any atom is -0.495 e. The zero-order valence-electron chi connectivity index (χ0n) is 14.0. The maximum atomic E-state index is 12.6. The molecule has 0 aliphatic heterocycles. The molecule has 2 rings (SSSR count). The molecular formula is C17H19BrN2O4S. The molecule has 0 atom stereocenters. The van der Waals surface area contributed by atoms with Crippen molar-refractivity contribution >= 4 is 43.2 Å². The van der Waals surface area contributed by atoms with E-state index in [-0.39, 0.29) is 22.5 Å². The molecule has 8 heteroatoms. The monoisotopic (exact) mass is 426 g/mol. The van der Waals surface area contributed by atoms with Crippen LogP contribution in [0.4, 0.5) is 11.4 Å². The number of halogens is 1. The fraction of sp³-hybridized carbons (Fsp3) is 0.235. The zero-order chi connectivity index (χ0) is 18.6. The first kappa shape index (κ1) is 19.3. The summed E-state index contributed by atoms with van der Waals surface area (Å²) >= 11 is 3.26. The van der Waals surface area contributed by atoms with Crippen LogP contribution in [0.1, 0.15) is 13.8 Å². The van der Waals surface area contributed by atoms with E-state index in [1.54, 1.807) is 50.2 Å². The summed E-state index contributed by atoms with van der Waals surface area (Å²) in [7, 11) is -2.41. The van der Waals surface area contributed by atoms with Crippen LogP contribution < -0.4 is 14.8 Å². The number of methoxy groups -OCH3 is 1. The topological polar surface area (TPSA) is 84.5 Å². The Labute approximate surface area is 155 Å². The van der Waals surface area contributed by atoms with Gasteiger partial charge in [0.05, 0.1) is 7.11 Å². The molecule has 2 N–H and O–H groups in total. The van der Waals surface area contributed by atoms with E-state index in [1.807, 2.05) is 0 Å². The van der Waals surface area contributed by atoms with E-state index < -0.39 is 10.0 Å². The number of nitrogens with one attached hydrogen (secondary N) is 2. The van der Waals surface area contributed by atoms with Crippen molar-refractivity contribution in [2.45, 2.75) is 18.7 Å². The van der Waals surface area contributed by atoms with Crippen molar-refractivity contribution in [2.75, 3.05) is 17.1 Å². The Balaban J connectivity index is 2.21. The van der Waals surface area contributed by atoms with Crippen LogP contribution in [0.15, 0.2) is 51.8 Å². The van der Waals surface area contributed by atoms with Crippen LogP contribution in [0.3, 0.4) is 0 Å². The molecule has 2 aromatic rings. The molecule has 2 aromatic carbocycles. The van der Waals surface area contributed by atoms with Gasteiger partial charge in [-0.15, -0.1) is 0 Å². The minimum absolute atomic E-state index is 0.0292. The first-order valence-electron chi connectivity index (χ1n) is 7.50. The van der Waals surface area contributed by atoms with Crippen molar-refractivity contribution in [1.29, 1.82) is 0 Å². The highest BCUT2D eigenvalue weighted by Gasteiger charge is 2.20. The number of amides is 1. The van der Waals surface area contributed by atoms with Crippen molar-refractivity contribution < 1.29 is 17.9 Å². The largest absolute Gasteiger partial charge is 0.495 e. The Morgan fingerprint density at radius 2 is 1.68 bits per heavy atom. The Bertz CT molecular complexity index is 865. The SMILES string of the molecule is COc1ccc(Br)cc1S(=O)(=O)Nc1ccc(NC(=O)C(C)C)cc1. The fourth-order valence-electron chi connectivity index (χ4n) is 1.98. The lowest BCUT2D eigenvalue weighted by Gasteiger charge is -2.13. The van der Waals surface area contributed by atoms with Crippen molar-refractivity contribution in [2.24, 2.45) is 5.92 Å². The van der Waals surface area contributed by atoms with Gasteiger partial charge < -0.3 is 10.1 Å². The number of hydrogen-bond donors (Lipinski definition) is 2. The van der Waals surface area contributed by atoms with Gasteiger partial charge >= 0.3 is 0 Å². The molecule has 0 heterocycles. The van der Waals surface area contributed by atoms with Gasteiger partial charge in [-0.3, -0.25) is 9.52 Å². The van der Waals surface area contributed by atoms with E-state index in [0.717, 1.165) is 0 Å². The fourth-order valence-corrected chi connectivity index (χ4v) is 3.75. The molecule has 0 saturated heterocycles. The quantitative estimate of drug-likeness (QED) is 0.734. The number of ether oxygens (including phenoxy) is 1. The van der Waals surface area contributed by atoms with Gasteiger partial charge in [0.2, 0.25) is 5.91 Å². The van der Waals surface area contributed by atoms with Crippen LogP contribution in [0, 0.1) is 5.92 Å². The Morgan fingerprint density at radius 1 is 1.08 bits per heavy atom. The summed E-state index contributed by atoms with van der Waals surface area (Å²) in [5, 5.41) is 2.75. The molecule has 1 amide bonds. The van der Waals surface area contributed by atoms with E-state index in [4.69, 9.17) is 4.74 Å². The van der Waals surface area contributed by atoms with E-state index in [2.05, 4.69) is 26.0 Å². The summed E-state index contributed by atoms with van der Waals surface area (Å²) in [6.07, 6.45) is 0. The smallest absolute Gasteiger partial charge is 0.265 e. The Morgan fingerprint density at radius 3 is 2.24 bits per heavy atom. The lowest BCUT2D eigenvalue weighted by Crippen LogP contribution is -2.17. The number of hydrogen-bond acceptors (Lipinski definition) is 4. The molecule has 0 aliphatic carbocycles. The number of rotatable bonds is 6. The van der Waals surface area contributed by atoms with E-state index in [0.29, 0.717) is 15.8 Å². The molecule has 0 spiro atoms. The zero-order valence-corrected chi connectivity index (χ0v) is 16.4.